The molecule has 0 aromatic carbocycles. The fraction of sp³-hybridized carbons (Fsp3) is 0.500. The number of rotatable bonds is 7. The summed E-state index contributed by atoms with van der Waals surface area (Å²) in [5, 5.41) is 9.83. The molecule has 2 aromatic heterocycles. The molecule has 0 fully saturated rings. The van der Waals surface area contributed by atoms with Gasteiger partial charge in [0.25, 0.3) is 0 Å². The van der Waals surface area contributed by atoms with Gasteiger partial charge in [-0.05, 0) is 12.5 Å². The molecular formula is C12H18N4S. The van der Waals surface area contributed by atoms with Crippen molar-refractivity contribution in [1.82, 2.24) is 20.1 Å². The van der Waals surface area contributed by atoms with Crippen molar-refractivity contribution in [3.05, 3.63) is 34.5 Å². The molecule has 2 rings (SSSR count). The lowest BCUT2D eigenvalue weighted by Crippen LogP contribution is -2.19. The van der Waals surface area contributed by atoms with E-state index in [0.29, 0.717) is 0 Å². The summed E-state index contributed by atoms with van der Waals surface area (Å²) in [5.41, 5.74) is 4.31. The normalized spacial score (nSPS) is 10.9. The number of aryl methyl sites for hydroxylation is 1. The second kappa shape index (κ2) is 6.51. The van der Waals surface area contributed by atoms with Crippen molar-refractivity contribution in [2.24, 2.45) is 0 Å². The molecule has 92 valence electrons. The first-order valence-corrected chi connectivity index (χ1v) is 6.93. The van der Waals surface area contributed by atoms with Gasteiger partial charge in [0.05, 0.1) is 16.9 Å². The monoisotopic (exact) mass is 250 g/mol. The van der Waals surface area contributed by atoms with Gasteiger partial charge in [-0.15, -0.1) is 11.3 Å². The SMILES string of the molecule is CCCn1nccc1CNCCc1cscn1. The molecule has 4 nitrogen and oxygen atoms in total. The third-order valence-corrected chi connectivity index (χ3v) is 3.22. The van der Waals surface area contributed by atoms with E-state index in [1.807, 2.05) is 11.7 Å². The van der Waals surface area contributed by atoms with Crippen molar-refractivity contribution < 1.29 is 0 Å². The van der Waals surface area contributed by atoms with E-state index in [-0.39, 0.29) is 0 Å². The third-order valence-electron chi connectivity index (χ3n) is 2.59. The second-order valence-electron chi connectivity index (χ2n) is 3.95. The molecule has 5 heteroatoms. The number of nitrogens with one attached hydrogen (secondary N) is 1. The van der Waals surface area contributed by atoms with Gasteiger partial charge in [-0.3, -0.25) is 4.68 Å². The Kier molecular flexibility index (Phi) is 4.70. The quantitative estimate of drug-likeness (QED) is 0.765. The van der Waals surface area contributed by atoms with Gasteiger partial charge in [-0.25, -0.2) is 4.98 Å². The lowest BCUT2D eigenvalue weighted by atomic mass is 10.3. The Balaban J connectivity index is 1.72. The van der Waals surface area contributed by atoms with Crippen LogP contribution in [0.1, 0.15) is 24.7 Å². The molecule has 0 radical (unpaired) electrons. The van der Waals surface area contributed by atoms with Crippen molar-refractivity contribution in [2.75, 3.05) is 6.54 Å². The number of aromatic nitrogens is 3. The fourth-order valence-corrected chi connectivity index (χ4v) is 2.31. The van der Waals surface area contributed by atoms with E-state index in [0.717, 1.165) is 32.5 Å². The maximum Gasteiger partial charge on any atom is 0.0794 e. The first-order chi connectivity index (χ1) is 8.40. The van der Waals surface area contributed by atoms with Gasteiger partial charge >= 0.3 is 0 Å². The van der Waals surface area contributed by atoms with E-state index < -0.39 is 0 Å². The molecule has 0 atom stereocenters. The van der Waals surface area contributed by atoms with Gasteiger partial charge in [0.2, 0.25) is 0 Å². The van der Waals surface area contributed by atoms with E-state index >= 15 is 0 Å². The minimum Gasteiger partial charge on any atom is -0.311 e. The maximum atomic E-state index is 4.30. The third kappa shape index (κ3) is 3.64. The van der Waals surface area contributed by atoms with Gasteiger partial charge in [0, 0.05) is 37.6 Å². The molecule has 0 aliphatic heterocycles. The molecule has 0 saturated carbocycles. The minimum atomic E-state index is 0.879. The van der Waals surface area contributed by atoms with E-state index in [1.165, 1.54) is 11.4 Å². The Hall–Kier alpha value is -1.20. The molecule has 0 bridgehead atoms. The standard InChI is InChI=1S/C12H18N4S/c1-2-7-16-12(4-6-15-16)8-13-5-3-11-9-17-10-14-11/h4,6,9-10,13H,2-3,5,7-8H2,1H3. The van der Waals surface area contributed by atoms with Crippen LogP contribution >= 0.6 is 11.3 Å². The van der Waals surface area contributed by atoms with Gasteiger partial charge in [0.15, 0.2) is 0 Å². The highest BCUT2D eigenvalue weighted by molar-refractivity contribution is 7.07. The molecule has 0 amide bonds. The van der Waals surface area contributed by atoms with Crippen molar-refractivity contribution >= 4 is 11.3 Å². The Labute approximate surface area is 106 Å². The summed E-state index contributed by atoms with van der Waals surface area (Å²) >= 11 is 1.65. The molecule has 17 heavy (non-hydrogen) atoms. The van der Waals surface area contributed by atoms with Crippen LogP contribution < -0.4 is 5.32 Å². The molecule has 0 saturated heterocycles. The van der Waals surface area contributed by atoms with Crippen LogP contribution in [0.2, 0.25) is 0 Å². The summed E-state index contributed by atoms with van der Waals surface area (Å²) in [6.45, 7) is 5.00. The Morgan fingerprint density at radius 3 is 3.18 bits per heavy atom. The summed E-state index contributed by atoms with van der Waals surface area (Å²) < 4.78 is 2.07. The molecular weight excluding hydrogens is 232 g/mol. The van der Waals surface area contributed by atoms with Crippen LogP contribution in [0.5, 0.6) is 0 Å². The van der Waals surface area contributed by atoms with E-state index in [1.54, 1.807) is 11.3 Å². The largest absolute Gasteiger partial charge is 0.311 e. The van der Waals surface area contributed by atoms with E-state index in [2.05, 4.69) is 38.5 Å². The van der Waals surface area contributed by atoms with Crippen molar-refractivity contribution in [3.8, 4) is 0 Å². The average Bonchev–Trinajstić information content (AvgIpc) is 2.96. The Morgan fingerprint density at radius 2 is 2.41 bits per heavy atom. The molecule has 2 aromatic rings. The van der Waals surface area contributed by atoms with Crippen molar-refractivity contribution in [3.63, 3.8) is 0 Å². The summed E-state index contributed by atoms with van der Waals surface area (Å²) in [6, 6.07) is 2.07. The van der Waals surface area contributed by atoms with Gasteiger partial charge in [-0.2, -0.15) is 5.10 Å². The summed E-state index contributed by atoms with van der Waals surface area (Å²) in [5.74, 6) is 0. The highest BCUT2D eigenvalue weighted by Crippen LogP contribution is 2.02. The zero-order valence-corrected chi connectivity index (χ0v) is 10.9. The van der Waals surface area contributed by atoms with Gasteiger partial charge in [0.1, 0.15) is 0 Å². The summed E-state index contributed by atoms with van der Waals surface area (Å²) in [6.07, 6.45) is 3.98. The first-order valence-electron chi connectivity index (χ1n) is 5.98. The van der Waals surface area contributed by atoms with Gasteiger partial charge < -0.3 is 5.32 Å². The van der Waals surface area contributed by atoms with Crippen molar-refractivity contribution in [1.29, 1.82) is 0 Å². The molecule has 1 N–H and O–H groups in total. The number of thiazole rings is 1. The van der Waals surface area contributed by atoms with Crippen LogP contribution in [0.3, 0.4) is 0 Å². The van der Waals surface area contributed by atoms with Crippen molar-refractivity contribution in [2.45, 2.75) is 32.9 Å². The average molecular weight is 250 g/mol. The first kappa shape index (κ1) is 12.3. The van der Waals surface area contributed by atoms with Crippen LogP contribution in [0, 0.1) is 0 Å². The van der Waals surface area contributed by atoms with Crippen LogP contribution in [-0.4, -0.2) is 21.3 Å². The number of hydrogen-bond acceptors (Lipinski definition) is 4. The zero-order chi connectivity index (χ0) is 11.9. The summed E-state index contributed by atoms with van der Waals surface area (Å²) in [7, 11) is 0. The summed E-state index contributed by atoms with van der Waals surface area (Å²) in [4.78, 5) is 4.26. The van der Waals surface area contributed by atoms with Crippen LogP contribution in [0.15, 0.2) is 23.2 Å². The zero-order valence-electron chi connectivity index (χ0n) is 10.1. The molecule has 2 heterocycles. The molecule has 0 spiro atoms. The van der Waals surface area contributed by atoms with Gasteiger partial charge in [-0.1, -0.05) is 6.92 Å². The topological polar surface area (TPSA) is 42.7 Å². The minimum absolute atomic E-state index is 0.879. The maximum absolute atomic E-state index is 4.30. The lowest BCUT2D eigenvalue weighted by Gasteiger charge is -2.07. The Bertz CT molecular complexity index is 421. The highest BCUT2D eigenvalue weighted by Gasteiger charge is 2.01. The van der Waals surface area contributed by atoms with E-state index in [9.17, 15) is 0 Å². The predicted molar refractivity (Wildman–Crippen MR) is 70.0 cm³/mol. The van der Waals surface area contributed by atoms with E-state index in [4.69, 9.17) is 0 Å². The lowest BCUT2D eigenvalue weighted by molar-refractivity contribution is 0.550. The number of nitrogens with zero attached hydrogens (tertiary/aromatic N) is 3. The molecule has 0 aliphatic carbocycles. The molecule has 0 unspecified atom stereocenters. The number of hydrogen-bond donors (Lipinski definition) is 1. The smallest absolute Gasteiger partial charge is 0.0794 e. The second-order valence-corrected chi connectivity index (χ2v) is 4.67. The molecule has 0 aliphatic rings. The van der Waals surface area contributed by atoms with Crippen LogP contribution in [0.4, 0.5) is 0 Å². The van der Waals surface area contributed by atoms with Crippen LogP contribution in [0.25, 0.3) is 0 Å². The predicted octanol–water partition coefficient (Wildman–Crippen LogP) is 2.08. The highest BCUT2D eigenvalue weighted by atomic mass is 32.1. The fourth-order valence-electron chi connectivity index (χ4n) is 1.72. The Morgan fingerprint density at radius 1 is 1.47 bits per heavy atom. The van der Waals surface area contributed by atoms with Crippen LogP contribution in [-0.2, 0) is 19.5 Å².